The van der Waals surface area contributed by atoms with Crippen LogP contribution >= 0.6 is 0 Å². The molecule has 2 heteroatoms. The van der Waals surface area contributed by atoms with Crippen LogP contribution in [-0.2, 0) is 4.79 Å². The smallest absolute Gasteiger partial charge is 0.225 e. The number of nitrogens with zero attached hydrogens (tertiary/aromatic N) is 1. The van der Waals surface area contributed by atoms with Crippen LogP contribution in [0.5, 0.6) is 0 Å². The van der Waals surface area contributed by atoms with E-state index in [1.54, 1.807) is 0 Å². The lowest BCUT2D eigenvalue weighted by atomic mass is 9.94. The maximum atomic E-state index is 12.0. The maximum Gasteiger partial charge on any atom is 0.225 e. The number of hydrogen-bond donors (Lipinski definition) is 0. The molecular formula is C12H21NO. The molecule has 2 atom stereocenters. The van der Waals surface area contributed by atoms with Crippen LogP contribution in [0.15, 0.2) is 12.7 Å². The molecule has 0 aliphatic carbocycles. The number of amides is 1. The fraction of sp³-hybridized carbons (Fsp3) is 0.750. The van der Waals surface area contributed by atoms with Crippen LogP contribution in [0.1, 0.15) is 33.1 Å². The molecule has 0 saturated carbocycles. The summed E-state index contributed by atoms with van der Waals surface area (Å²) in [6.07, 6.45) is 5.48. The molecule has 2 nitrogen and oxygen atoms in total. The molecule has 1 fully saturated rings. The van der Waals surface area contributed by atoms with E-state index in [1.165, 1.54) is 19.3 Å². The molecule has 1 saturated heterocycles. The lowest BCUT2D eigenvalue weighted by molar-refractivity contribution is -0.136. The Labute approximate surface area is 87.0 Å². The molecule has 0 radical (unpaired) electrons. The van der Waals surface area contributed by atoms with Crippen LogP contribution in [0.4, 0.5) is 0 Å². The second kappa shape index (κ2) is 5.18. The average Bonchev–Trinajstić information content (AvgIpc) is 2.27. The van der Waals surface area contributed by atoms with E-state index in [4.69, 9.17) is 0 Å². The molecule has 0 N–H and O–H groups in total. The Balaban J connectivity index is 2.49. The summed E-state index contributed by atoms with van der Waals surface area (Å²) in [7, 11) is 0. The van der Waals surface area contributed by atoms with Gasteiger partial charge in [-0.15, -0.1) is 6.58 Å². The fourth-order valence-electron chi connectivity index (χ4n) is 1.83. The zero-order valence-corrected chi connectivity index (χ0v) is 9.33. The van der Waals surface area contributed by atoms with E-state index in [1.807, 2.05) is 17.9 Å². The highest BCUT2D eigenvalue weighted by Crippen LogP contribution is 2.18. The molecule has 1 heterocycles. The quantitative estimate of drug-likeness (QED) is 0.633. The van der Waals surface area contributed by atoms with Gasteiger partial charge in [0, 0.05) is 19.0 Å². The Morgan fingerprint density at radius 3 is 2.36 bits per heavy atom. The molecule has 1 rings (SSSR count). The van der Waals surface area contributed by atoms with Gasteiger partial charge in [0.2, 0.25) is 5.91 Å². The van der Waals surface area contributed by atoms with Crippen LogP contribution in [0.25, 0.3) is 0 Å². The van der Waals surface area contributed by atoms with Crippen molar-refractivity contribution in [2.24, 2.45) is 11.8 Å². The Morgan fingerprint density at radius 1 is 1.29 bits per heavy atom. The van der Waals surface area contributed by atoms with Gasteiger partial charge in [0.05, 0.1) is 0 Å². The molecule has 80 valence electrons. The molecular weight excluding hydrogens is 174 g/mol. The van der Waals surface area contributed by atoms with Crippen LogP contribution in [0, 0.1) is 11.8 Å². The topological polar surface area (TPSA) is 20.3 Å². The molecule has 0 aromatic heterocycles. The van der Waals surface area contributed by atoms with Crippen molar-refractivity contribution in [3.63, 3.8) is 0 Å². The molecule has 0 unspecified atom stereocenters. The molecule has 1 aliphatic rings. The number of piperidine rings is 1. The Kier molecular flexibility index (Phi) is 4.18. The Morgan fingerprint density at radius 2 is 1.86 bits per heavy atom. The number of likely N-dealkylation sites (tertiary alicyclic amines) is 1. The van der Waals surface area contributed by atoms with Crippen molar-refractivity contribution in [1.82, 2.24) is 4.90 Å². The van der Waals surface area contributed by atoms with Crippen LogP contribution in [0.2, 0.25) is 0 Å². The largest absolute Gasteiger partial charge is 0.342 e. The summed E-state index contributed by atoms with van der Waals surface area (Å²) in [4.78, 5) is 14.0. The van der Waals surface area contributed by atoms with E-state index in [2.05, 4.69) is 13.5 Å². The first kappa shape index (κ1) is 11.3. The fourth-order valence-corrected chi connectivity index (χ4v) is 1.83. The van der Waals surface area contributed by atoms with Crippen molar-refractivity contribution in [1.29, 1.82) is 0 Å². The van der Waals surface area contributed by atoms with Crippen LogP contribution in [-0.4, -0.2) is 23.9 Å². The third kappa shape index (κ3) is 2.60. The van der Waals surface area contributed by atoms with Crippen LogP contribution < -0.4 is 0 Å². The standard InChI is InChI=1S/C12H21NO/c1-4-10(2)11(3)12(14)13-8-6-5-7-9-13/h4,10-11H,1,5-9H2,2-3H3/t10-,11-/m0/s1. The summed E-state index contributed by atoms with van der Waals surface area (Å²) in [5, 5.41) is 0. The molecule has 14 heavy (non-hydrogen) atoms. The molecule has 0 aromatic carbocycles. The highest BCUT2D eigenvalue weighted by molar-refractivity contribution is 5.79. The monoisotopic (exact) mass is 195 g/mol. The zero-order chi connectivity index (χ0) is 10.6. The van der Waals surface area contributed by atoms with E-state index in [-0.39, 0.29) is 11.8 Å². The lowest BCUT2D eigenvalue weighted by Gasteiger charge is -2.30. The SMILES string of the molecule is C=C[C@H](C)[C@H](C)C(=O)N1CCCCC1. The van der Waals surface area contributed by atoms with E-state index in [0.717, 1.165) is 13.1 Å². The van der Waals surface area contributed by atoms with Crippen molar-refractivity contribution in [3.05, 3.63) is 12.7 Å². The van der Waals surface area contributed by atoms with Crippen molar-refractivity contribution in [3.8, 4) is 0 Å². The van der Waals surface area contributed by atoms with Gasteiger partial charge in [-0.25, -0.2) is 0 Å². The van der Waals surface area contributed by atoms with Gasteiger partial charge in [-0.05, 0) is 25.2 Å². The molecule has 1 aliphatic heterocycles. The van der Waals surface area contributed by atoms with Gasteiger partial charge in [-0.2, -0.15) is 0 Å². The van der Waals surface area contributed by atoms with Gasteiger partial charge in [0.1, 0.15) is 0 Å². The number of rotatable bonds is 3. The van der Waals surface area contributed by atoms with E-state index >= 15 is 0 Å². The summed E-state index contributed by atoms with van der Waals surface area (Å²) >= 11 is 0. The van der Waals surface area contributed by atoms with Gasteiger partial charge in [0.25, 0.3) is 0 Å². The Bertz CT molecular complexity index is 206. The Hall–Kier alpha value is -0.790. The second-order valence-corrected chi connectivity index (χ2v) is 4.27. The van der Waals surface area contributed by atoms with E-state index < -0.39 is 0 Å². The number of carbonyl (C=O) groups is 1. The minimum absolute atomic E-state index is 0.0885. The number of hydrogen-bond acceptors (Lipinski definition) is 1. The molecule has 0 spiro atoms. The third-order valence-electron chi connectivity index (χ3n) is 3.22. The summed E-state index contributed by atoms with van der Waals surface area (Å²) in [5.74, 6) is 0.673. The first-order valence-electron chi connectivity index (χ1n) is 5.58. The highest BCUT2D eigenvalue weighted by atomic mass is 16.2. The first-order chi connectivity index (χ1) is 6.66. The predicted molar refractivity (Wildman–Crippen MR) is 59.0 cm³/mol. The highest BCUT2D eigenvalue weighted by Gasteiger charge is 2.24. The van der Waals surface area contributed by atoms with Gasteiger partial charge in [0.15, 0.2) is 0 Å². The molecule has 1 amide bonds. The minimum atomic E-state index is 0.0885. The third-order valence-corrected chi connectivity index (χ3v) is 3.22. The predicted octanol–water partition coefficient (Wildman–Crippen LogP) is 2.46. The molecule has 0 aromatic rings. The van der Waals surface area contributed by atoms with E-state index in [9.17, 15) is 4.79 Å². The van der Waals surface area contributed by atoms with Gasteiger partial charge in [-0.3, -0.25) is 4.79 Å². The summed E-state index contributed by atoms with van der Waals surface area (Å²) in [6.45, 7) is 9.70. The zero-order valence-electron chi connectivity index (χ0n) is 9.33. The lowest BCUT2D eigenvalue weighted by Crippen LogP contribution is -2.40. The van der Waals surface area contributed by atoms with Crippen molar-refractivity contribution in [2.45, 2.75) is 33.1 Å². The number of allylic oxidation sites excluding steroid dienone is 1. The van der Waals surface area contributed by atoms with Crippen molar-refractivity contribution < 1.29 is 4.79 Å². The maximum absolute atomic E-state index is 12.0. The summed E-state index contributed by atoms with van der Waals surface area (Å²) in [5.41, 5.74) is 0. The van der Waals surface area contributed by atoms with E-state index in [0.29, 0.717) is 5.91 Å². The van der Waals surface area contributed by atoms with Gasteiger partial charge >= 0.3 is 0 Å². The van der Waals surface area contributed by atoms with Crippen molar-refractivity contribution >= 4 is 5.91 Å². The van der Waals surface area contributed by atoms with Gasteiger partial charge in [-0.1, -0.05) is 19.9 Å². The first-order valence-corrected chi connectivity index (χ1v) is 5.58. The summed E-state index contributed by atoms with van der Waals surface area (Å²) < 4.78 is 0. The summed E-state index contributed by atoms with van der Waals surface area (Å²) in [6, 6.07) is 0. The van der Waals surface area contributed by atoms with Crippen LogP contribution in [0.3, 0.4) is 0 Å². The number of carbonyl (C=O) groups excluding carboxylic acids is 1. The van der Waals surface area contributed by atoms with Crippen molar-refractivity contribution in [2.75, 3.05) is 13.1 Å². The van der Waals surface area contributed by atoms with Gasteiger partial charge < -0.3 is 4.90 Å². The molecule has 0 bridgehead atoms. The minimum Gasteiger partial charge on any atom is -0.342 e. The second-order valence-electron chi connectivity index (χ2n) is 4.27. The normalized spacial score (nSPS) is 21.4. The average molecular weight is 195 g/mol.